The number of aromatic amines is 1. The van der Waals surface area contributed by atoms with E-state index >= 15 is 0 Å². The van der Waals surface area contributed by atoms with Crippen LogP contribution in [0.4, 0.5) is 5.82 Å². The molecule has 0 bridgehead atoms. The van der Waals surface area contributed by atoms with E-state index in [0.717, 1.165) is 5.56 Å². The van der Waals surface area contributed by atoms with Crippen LogP contribution >= 0.6 is 0 Å². The van der Waals surface area contributed by atoms with Crippen molar-refractivity contribution in [3.8, 4) is 5.75 Å². The Kier molecular flexibility index (Phi) is 3.42. The first-order valence-corrected chi connectivity index (χ1v) is 6.25. The van der Waals surface area contributed by atoms with Crippen LogP contribution in [0.25, 0.3) is 11.2 Å². The predicted octanol–water partition coefficient (Wildman–Crippen LogP) is 1.29. The lowest BCUT2D eigenvalue weighted by Gasteiger charge is -2.07. The van der Waals surface area contributed by atoms with E-state index in [9.17, 15) is 4.79 Å². The van der Waals surface area contributed by atoms with Gasteiger partial charge >= 0.3 is 5.97 Å². The van der Waals surface area contributed by atoms with Crippen LogP contribution in [-0.4, -0.2) is 31.3 Å². The van der Waals surface area contributed by atoms with Gasteiger partial charge in [0.2, 0.25) is 5.65 Å². The van der Waals surface area contributed by atoms with Crippen molar-refractivity contribution < 1.29 is 9.53 Å². The van der Waals surface area contributed by atoms with Crippen molar-refractivity contribution in [3.63, 3.8) is 0 Å². The Balaban J connectivity index is 1.75. The number of hydrogen-bond donors (Lipinski definition) is 2. The van der Waals surface area contributed by atoms with Crippen LogP contribution in [0.3, 0.4) is 0 Å². The van der Waals surface area contributed by atoms with Crippen LogP contribution in [-0.2, 0) is 11.3 Å². The summed E-state index contributed by atoms with van der Waals surface area (Å²) in [6.07, 6.45) is 1.42. The summed E-state index contributed by atoms with van der Waals surface area (Å²) >= 11 is 0. The van der Waals surface area contributed by atoms with Gasteiger partial charge in [-0.3, -0.25) is 4.79 Å². The highest BCUT2D eigenvalue weighted by molar-refractivity contribution is 5.81. The zero-order valence-corrected chi connectivity index (χ0v) is 11.2. The summed E-state index contributed by atoms with van der Waals surface area (Å²) in [7, 11) is 0. The minimum atomic E-state index is -0.347. The molecule has 8 heteroatoms. The van der Waals surface area contributed by atoms with Gasteiger partial charge in [0.05, 0.1) is 0 Å². The molecule has 2 heterocycles. The Morgan fingerprint density at radius 1 is 1.33 bits per heavy atom. The van der Waals surface area contributed by atoms with Gasteiger partial charge in [-0.2, -0.15) is 10.3 Å². The highest BCUT2D eigenvalue weighted by Crippen LogP contribution is 2.17. The number of fused-ring (bicyclic) bond motifs is 1. The van der Waals surface area contributed by atoms with Gasteiger partial charge in [0.25, 0.3) is 0 Å². The molecule has 106 valence electrons. The number of carbonyl (C=O) groups is 1. The molecule has 2 N–H and O–H groups in total. The SMILES string of the molecule is CC(=O)Oc1cccc(CNc2ncnc3n[nH]nc23)c1. The lowest BCUT2D eigenvalue weighted by atomic mass is 10.2. The highest BCUT2D eigenvalue weighted by Gasteiger charge is 2.07. The van der Waals surface area contributed by atoms with Crippen molar-refractivity contribution in [2.75, 3.05) is 5.32 Å². The summed E-state index contributed by atoms with van der Waals surface area (Å²) < 4.78 is 5.05. The van der Waals surface area contributed by atoms with Crippen molar-refractivity contribution in [2.24, 2.45) is 0 Å². The number of ether oxygens (including phenoxy) is 1. The molecule has 0 saturated heterocycles. The zero-order chi connectivity index (χ0) is 14.7. The maximum absolute atomic E-state index is 10.9. The fourth-order valence-electron chi connectivity index (χ4n) is 1.88. The van der Waals surface area contributed by atoms with E-state index in [1.54, 1.807) is 12.1 Å². The Bertz CT molecular complexity index is 785. The van der Waals surface area contributed by atoms with Gasteiger partial charge in [-0.1, -0.05) is 12.1 Å². The Morgan fingerprint density at radius 2 is 2.24 bits per heavy atom. The second-order valence-electron chi connectivity index (χ2n) is 4.31. The van der Waals surface area contributed by atoms with Gasteiger partial charge < -0.3 is 10.1 Å². The van der Waals surface area contributed by atoms with Crippen molar-refractivity contribution in [3.05, 3.63) is 36.2 Å². The summed E-state index contributed by atoms with van der Waals surface area (Å²) in [5, 5.41) is 13.6. The number of benzene rings is 1. The van der Waals surface area contributed by atoms with Crippen LogP contribution in [0.1, 0.15) is 12.5 Å². The summed E-state index contributed by atoms with van der Waals surface area (Å²) in [4.78, 5) is 19.1. The lowest BCUT2D eigenvalue weighted by Crippen LogP contribution is -2.04. The van der Waals surface area contributed by atoms with E-state index in [-0.39, 0.29) is 5.97 Å². The second-order valence-corrected chi connectivity index (χ2v) is 4.31. The Morgan fingerprint density at radius 3 is 3.10 bits per heavy atom. The molecule has 0 fully saturated rings. The number of carbonyl (C=O) groups excluding carboxylic acids is 1. The Hall–Kier alpha value is -3.03. The van der Waals surface area contributed by atoms with Gasteiger partial charge in [-0.25, -0.2) is 9.97 Å². The lowest BCUT2D eigenvalue weighted by molar-refractivity contribution is -0.131. The molecule has 3 aromatic rings. The number of anilines is 1. The average Bonchev–Trinajstić information content (AvgIpc) is 2.93. The monoisotopic (exact) mass is 284 g/mol. The standard InChI is InChI=1S/C13H12N6O2/c1-8(20)21-10-4-2-3-9(5-10)6-14-12-11-13(16-7-15-12)18-19-17-11/h2-5,7H,6H2,1H3,(H2,14,15,16,17,18,19). The van der Waals surface area contributed by atoms with E-state index < -0.39 is 0 Å². The summed E-state index contributed by atoms with van der Waals surface area (Å²) in [5.41, 5.74) is 2.03. The first kappa shape index (κ1) is 13.0. The topological polar surface area (TPSA) is 106 Å². The first-order valence-electron chi connectivity index (χ1n) is 6.25. The molecule has 0 aliphatic rings. The summed E-state index contributed by atoms with van der Waals surface area (Å²) in [6.45, 7) is 1.88. The minimum absolute atomic E-state index is 0.347. The van der Waals surface area contributed by atoms with Gasteiger partial charge in [0.15, 0.2) is 11.3 Å². The van der Waals surface area contributed by atoms with Crippen molar-refractivity contribution in [1.29, 1.82) is 0 Å². The summed E-state index contributed by atoms with van der Waals surface area (Å²) in [5.74, 6) is 0.753. The predicted molar refractivity (Wildman–Crippen MR) is 74.6 cm³/mol. The van der Waals surface area contributed by atoms with Gasteiger partial charge in [-0.15, -0.1) is 5.10 Å². The molecule has 0 atom stereocenters. The first-order chi connectivity index (χ1) is 10.2. The third-order valence-corrected chi connectivity index (χ3v) is 2.74. The summed E-state index contributed by atoms with van der Waals surface area (Å²) in [6, 6.07) is 7.25. The number of H-pyrrole nitrogens is 1. The number of nitrogens with zero attached hydrogens (tertiary/aromatic N) is 4. The maximum atomic E-state index is 10.9. The number of nitrogens with one attached hydrogen (secondary N) is 2. The van der Waals surface area contributed by atoms with E-state index in [1.807, 2.05) is 12.1 Å². The van der Waals surface area contributed by atoms with Crippen molar-refractivity contribution in [1.82, 2.24) is 25.4 Å². The van der Waals surface area contributed by atoms with Crippen molar-refractivity contribution in [2.45, 2.75) is 13.5 Å². The van der Waals surface area contributed by atoms with Crippen LogP contribution in [0.2, 0.25) is 0 Å². The molecule has 0 amide bonds. The molecular weight excluding hydrogens is 272 g/mol. The molecule has 21 heavy (non-hydrogen) atoms. The second kappa shape index (κ2) is 5.53. The zero-order valence-electron chi connectivity index (χ0n) is 11.2. The quantitative estimate of drug-likeness (QED) is 0.549. The number of aromatic nitrogens is 5. The van der Waals surface area contributed by atoms with Crippen LogP contribution in [0.15, 0.2) is 30.6 Å². The highest BCUT2D eigenvalue weighted by atomic mass is 16.5. The molecular formula is C13H12N6O2. The smallest absolute Gasteiger partial charge is 0.308 e. The van der Waals surface area contributed by atoms with E-state index in [0.29, 0.717) is 29.3 Å². The van der Waals surface area contributed by atoms with E-state index in [2.05, 4.69) is 30.7 Å². The molecule has 2 aromatic heterocycles. The molecule has 0 aliphatic heterocycles. The van der Waals surface area contributed by atoms with Crippen molar-refractivity contribution >= 4 is 23.0 Å². The molecule has 0 unspecified atom stereocenters. The van der Waals surface area contributed by atoms with E-state index in [4.69, 9.17) is 4.74 Å². The van der Waals surface area contributed by atoms with Crippen LogP contribution in [0, 0.1) is 0 Å². The fourth-order valence-corrected chi connectivity index (χ4v) is 1.88. The third-order valence-electron chi connectivity index (χ3n) is 2.74. The molecule has 8 nitrogen and oxygen atoms in total. The molecule has 1 aromatic carbocycles. The van der Waals surface area contributed by atoms with Crippen LogP contribution in [0.5, 0.6) is 5.75 Å². The Labute approximate surface area is 119 Å². The average molecular weight is 284 g/mol. The number of rotatable bonds is 4. The van der Waals surface area contributed by atoms with Gasteiger partial charge in [0, 0.05) is 13.5 Å². The third kappa shape index (κ3) is 2.94. The molecule has 0 radical (unpaired) electrons. The van der Waals surface area contributed by atoms with Gasteiger partial charge in [0.1, 0.15) is 12.1 Å². The van der Waals surface area contributed by atoms with Crippen LogP contribution < -0.4 is 10.1 Å². The number of esters is 1. The molecule has 0 spiro atoms. The van der Waals surface area contributed by atoms with E-state index in [1.165, 1.54) is 13.3 Å². The normalized spacial score (nSPS) is 10.5. The molecule has 0 aliphatic carbocycles. The fraction of sp³-hybridized carbons (Fsp3) is 0.154. The largest absolute Gasteiger partial charge is 0.427 e. The minimum Gasteiger partial charge on any atom is -0.427 e. The number of hydrogen-bond acceptors (Lipinski definition) is 7. The molecule has 3 rings (SSSR count). The van der Waals surface area contributed by atoms with Gasteiger partial charge in [-0.05, 0) is 17.7 Å². The maximum Gasteiger partial charge on any atom is 0.308 e. The molecule has 0 saturated carbocycles.